The van der Waals surface area contributed by atoms with Crippen LogP contribution in [0.3, 0.4) is 0 Å². The number of aromatic nitrogens is 1. The second kappa shape index (κ2) is 16.5. The molecule has 4 aliphatic rings. The summed E-state index contributed by atoms with van der Waals surface area (Å²) in [4.78, 5) is 113. The average Bonchev–Trinajstić information content (AvgIpc) is 3.79. The molecule has 12 atom stereocenters. The third kappa shape index (κ3) is 7.59. The Bertz CT molecular complexity index is 2100. The Morgan fingerprint density at radius 2 is 1.46 bits per heavy atom. The van der Waals surface area contributed by atoms with E-state index in [2.05, 4.69) is 4.98 Å². The number of esters is 8. The van der Waals surface area contributed by atoms with Crippen molar-refractivity contribution in [2.75, 3.05) is 13.2 Å². The van der Waals surface area contributed by atoms with Gasteiger partial charge < -0.3 is 52.2 Å². The molecule has 0 radical (unpaired) electrons. The molecule has 0 amide bonds. The van der Waals surface area contributed by atoms with Crippen LogP contribution in [-0.2, 0) is 77.8 Å². The predicted octanol–water partition coefficient (Wildman–Crippen LogP) is 1.75. The number of aliphatic hydroxyl groups is 1. The van der Waals surface area contributed by atoms with E-state index in [4.69, 9.17) is 47.0 Å². The number of rotatable bonds is 8. The minimum Gasteiger partial charge on any atom is -0.465 e. The number of hydrogen-bond donors (Lipinski definition) is 1. The lowest BCUT2D eigenvalue weighted by atomic mass is 9.45. The molecule has 330 valence electrons. The lowest BCUT2D eigenvalue weighted by Gasteiger charge is -2.67. The van der Waals surface area contributed by atoms with E-state index in [-0.39, 0.29) is 18.4 Å². The minimum absolute atomic E-state index is 0.0151. The lowest BCUT2D eigenvalue weighted by molar-refractivity contribution is -0.386. The Balaban J connectivity index is 1.77. The summed E-state index contributed by atoms with van der Waals surface area (Å²) >= 11 is 0. The molecule has 1 saturated heterocycles. The first-order valence-corrected chi connectivity index (χ1v) is 19.4. The van der Waals surface area contributed by atoms with Crippen LogP contribution >= 0.6 is 0 Å². The van der Waals surface area contributed by atoms with Gasteiger partial charge in [0.05, 0.1) is 23.7 Å². The number of ether oxygens (including phenoxy) is 9. The summed E-state index contributed by atoms with van der Waals surface area (Å²) in [7, 11) is 0. The van der Waals surface area contributed by atoms with Gasteiger partial charge in [0.2, 0.25) is 5.76 Å². The average molecular weight is 858 g/mol. The summed E-state index contributed by atoms with van der Waals surface area (Å²) in [5.41, 5.74) is -9.96. The zero-order valence-corrected chi connectivity index (χ0v) is 34.7. The van der Waals surface area contributed by atoms with E-state index in [1.54, 1.807) is 6.07 Å². The van der Waals surface area contributed by atoms with Gasteiger partial charge >= 0.3 is 47.8 Å². The molecule has 1 spiro atoms. The molecule has 3 fully saturated rings. The van der Waals surface area contributed by atoms with Gasteiger partial charge in [0.15, 0.2) is 30.0 Å². The molecule has 0 aromatic carbocycles. The van der Waals surface area contributed by atoms with Crippen molar-refractivity contribution < 1.29 is 90.5 Å². The quantitative estimate of drug-likeness (QED) is 0.293. The van der Waals surface area contributed by atoms with Gasteiger partial charge in [0.25, 0.3) is 0 Å². The number of carbonyl (C=O) groups excluding carboxylic acids is 8. The van der Waals surface area contributed by atoms with Crippen molar-refractivity contribution >= 4 is 47.8 Å². The van der Waals surface area contributed by atoms with Crippen LogP contribution in [0.5, 0.6) is 0 Å². The molecule has 1 N–H and O–H groups in total. The maximum Gasteiger partial charge on any atom is 0.374 e. The van der Waals surface area contributed by atoms with Crippen molar-refractivity contribution in [1.82, 2.24) is 4.98 Å². The number of fused-ring (bicyclic) bond motifs is 5. The third-order valence-corrected chi connectivity index (χ3v) is 11.9. The van der Waals surface area contributed by atoms with Gasteiger partial charge in [-0.15, -0.1) is 0 Å². The van der Waals surface area contributed by atoms with Crippen molar-refractivity contribution in [1.29, 1.82) is 0 Å². The molecule has 2 aliphatic heterocycles. The highest BCUT2D eigenvalue weighted by atomic mass is 16.7. The smallest absolute Gasteiger partial charge is 0.374 e. The van der Waals surface area contributed by atoms with Crippen LogP contribution in [0, 0.1) is 17.3 Å². The first-order chi connectivity index (χ1) is 28.6. The van der Waals surface area contributed by atoms with Gasteiger partial charge in [-0.3, -0.25) is 33.8 Å². The van der Waals surface area contributed by atoms with Gasteiger partial charge in [-0.1, -0.05) is 6.92 Å². The molecule has 0 unspecified atom stereocenters. The molecule has 4 heterocycles. The highest BCUT2D eigenvalue weighted by molar-refractivity contribution is 5.91. The Morgan fingerprint density at radius 3 is 2.05 bits per heavy atom. The first kappa shape index (κ1) is 44.7. The Kier molecular flexibility index (Phi) is 12.1. The number of cyclic esters (lactones) is 1. The molecule has 2 saturated carbocycles. The lowest BCUT2D eigenvalue weighted by Crippen LogP contribution is -2.89. The van der Waals surface area contributed by atoms with Gasteiger partial charge in [-0.05, 0) is 50.5 Å². The van der Waals surface area contributed by atoms with E-state index in [1.165, 1.54) is 38.4 Å². The van der Waals surface area contributed by atoms with E-state index in [0.29, 0.717) is 5.56 Å². The molecular formula is C41H47NO19. The van der Waals surface area contributed by atoms with Crippen LogP contribution in [0.15, 0.2) is 41.3 Å². The summed E-state index contributed by atoms with van der Waals surface area (Å²) in [5.74, 6) is -11.3. The van der Waals surface area contributed by atoms with Crippen LogP contribution < -0.4 is 0 Å². The topological polar surface area (TPSA) is 266 Å². The Hall–Kier alpha value is -5.89. The van der Waals surface area contributed by atoms with E-state index in [0.717, 1.165) is 47.8 Å². The number of pyridine rings is 1. The van der Waals surface area contributed by atoms with Crippen LogP contribution in [0.2, 0.25) is 0 Å². The van der Waals surface area contributed by atoms with E-state index >= 15 is 0 Å². The number of nitrogens with zero attached hydrogens (tertiary/aromatic N) is 1. The molecule has 2 aromatic heterocycles. The van der Waals surface area contributed by atoms with Gasteiger partial charge in [0.1, 0.15) is 42.0 Å². The third-order valence-electron chi connectivity index (χ3n) is 11.9. The molecule has 6 rings (SSSR count). The van der Waals surface area contributed by atoms with Gasteiger partial charge in [0, 0.05) is 47.0 Å². The molecule has 4 bridgehead atoms. The van der Waals surface area contributed by atoms with Crippen LogP contribution in [-0.4, -0.2) is 124 Å². The summed E-state index contributed by atoms with van der Waals surface area (Å²) in [6.07, 6.45) is -8.29. The fraction of sp³-hybridized carbons (Fsp3) is 0.585. The minimum atomic E-state index is -2.87. The second-order valence-corrected chi connectivity index (χ2v) is 16.1. The van der Waals surface area contributed by atoms with Crippen molar-refractivity contribution in [2.24, 2.45) is 17.3 Å². The molecule has 20 nitrogen and oxygen atoms in total. The first-order valence-electron chi connectivity index (χ1n) is 19.4. The zero-order valence-electron chi connectivity index (χ0n) is 34.7. The normalized spacial score (nSPS) is 35.4. The van der Waals surface area contributed by atoms with Gasteiger partial charge in [-0.25, -0.2) is 9.59 Å². The standard InChI is InChI=1S/C41H47NO19/c1-19-11-12-25-13-14-42-16-26(25)36(49)54-17-38(7)28-29(55-21(3)44)33(57-23(5)46)40(18-53-20(2)43)34(58-24(6)47)30(59-37(50)27-10-9-15-52-27)32(60-35(19)48)39(8,51)41(40,61-38)31(28)56-22(4)45/h9-10,13-16,19,28-34,51H,11-12,17-18H2,1-8H3/t19-,28+,29+,30-,31+,32-,33+,34-,38-,39-,40+,41-/m0/s1. The molecule has 61 heavy (non-hydrogen) atoms. The zero-order chi connectivity index (χ0) is 44.8. The largest absolute Gasteiger partial charge is 0.465 e. The van der Waals surface area contributed by atoms with Crippen molar-refractivity contribution in [3.63, 3.8) is 0 Å². The number of carbonyl (C=O) groups is 8. The highest BCUT2D eigenvalue weighted by Gasteiger charge is 2.92. The summed E-state index contributed by atoms with van der Waals surface area (Å²) < 4.78 is 60.2. The number of hydrogen-bond acceptors (Lipinski definition) is 20. The van der Waals surface area contributed by atoms with Crippen molar-refractivity contribution in [3.05, 3.63) is 53.7 Å². The highest BCUT2D eigenvalue weighted by Crippen LogP contribution is 2.70. The van der Waals surface area contributed by atoms with E-state index < -0.39 is 137 Å². The van der Waals surface area contributed by atoms with Crippen LogP contribution in [0.25, 0.3) is 0 Å². The molecular weight excluding hydrogens is 810 g/mol. The Labute approximate surface area is 348 Å². The fourth-order valence-electron chi connectivity index (χ4n) is 9.56. The maximum atomic E-state index is 14.3. The molecule has 2 aromatic rings. The number of furan rings is 1. The van der Waals surface area contributed by atoms with E-state index in [1.807, 2.05) is 0 Å². The summed E-state index contributed by atoms with van der Waals surface area (Å²) in [5, 5.41) is 13.6. The predicted molar refractivity (Wildman–Crippen MR) is 197 cm³/mol. The maximum absolute atomic E-state index is 14.3. The molecule has 20 heteroatoms. The van der Waals surface area contributed by atoms with Crippen LogP contribution in [0.1, 0.15) is 88.3 Å². The van der Waals surface area contributed by atoms with Crippen LogP contribution in [0.4, 0.5) is 0 Å². The summed E-state index contributed by atoms with van der Waals surface area (Å²) in [6.45, 7) is 7.04. The molecule has 2 aliphatic carbocycles. The van der Waals surface area contributed by atoms with Gasteiger partial charge in [-0.2, -0.15) is 0 Å². The van der Waals surface area contributed by atoms with Crippen molar-refractivity contribution in [3.8, 4) is 0 Å². The van der Waals surface area contributed by atoms with E-state index in [9.17, 15) is 43.5 Å². The fourth-order valence-corrected chi connectivity index (χ4v) is 9.56. The Morgan fingerprint density at radius 1 is 0.836 bits per heavy atom. The number of aryl methyl sites for hydroxylation is 1. The van der Waals surface area contributed by atoms with Crippen molar-refractivity contribution in [2.45, 2.75) is 122 Å². The summed E-state index contributed by atoms with van der Waals surface area (Å²) in [6, 6.07) is 4.14. The SMILES string of the molecule is CC(=O)OC[C@]12[C@H](OC(C)=O)[C@H](OC(C)=O)[C@@H]3[C@@H](OC(C)=O)[C@@]14O[C@@]3(C)COC(=O)c1cnccc1CC[C@H](C)C(=O)O[C@@H]([C@H](OC(=O)c1ccco1)[C@@H]2OC(C)=O)[C@]4(C)O. The second-order valence-electron chi connectivity index (χ2n) is 16.1. The monoisotopic (exact) mass is 857 g/mol.